The van der Waals surface area contributed by atoms with Crippen LogP contribution in [-0.4, -0.2) is 110 Å². The van der Waals surface area contributed by atoms with Crippen LogP contribution in [-0.2, 0) is 24.0 Å². The van der Waals surface area contributed by atoms with Gasteiger partial charge in [0.05, 0.1) is 42.0 Å². The van der Waals surface area contributed by atoms with Crippen molar-refractivity contribution in [1.29, 1.82) is 0 Å². The molecule has 0 aromatic heterocycles. The molecule has 220 valence electrons. The number of aliphatic hydroxyl groups excluding tert-OH is 3. The van der Waals surface area contributed by atoms with E-state index in [0.717, 1.165) is 4.90 Å². The number of nitrogens with zero attached hydrogens (tertiary/aromatic N) is 1. The van der Waals surface area contributed by atoms with Gasteiger partial charge in [-0.05, 0) is 19.4 Å². The number of hydrogen-bond donors (Lipinski definition) is 7. The molecule has 40 heavy (non-hydrogen) atoms. The van der Waals surface area contributed by atoms with Crippen molar-refractivity contribution in [3.63, 3.8) is 0 Å². The Balaban J connectivity index is 2.06. The van der Waals surface area contributed by atoms with Gasteiger partial charge in [-0.3, -0.25) is 24.0 Å². The summed E-state index contributed by atoms with van der Waals surface area (Å²) >= 11 is 12.7. The average Bonchev–Trinajstić information content (AvgIpc) is 3.21. The number of rotatable bonds is 4. The topological polar surface area (TPSA) is 197 Å². The molecule has 2 heterocycles. The van der Waals surface area contributed by atoms with Gasteiger partial charge in [-0.15, -0.1) is 23.2 Å². The molecule has 0 aliphatic carbocycles. The highest BCUT2D eigenvalue weighted by atomic mass is 35.5. The monoisotopic (exact) mass is 601 g/mol. The summed E-state index contributed by atoms with van der Waals surface area (Å²) in [6, 6.07) is 1.39. The van der Waals surface area contributed by atoms with E-state index in [9.17, 15) is 39.3 Å². The lowest BCUT2D eigenvalue weighted by molar-refractivity contribution is -0.145. The number of benzene rings is 1. The van der Waals surface area contributed by atoms with Crippen molar-refractivity contribution in [3.8, 4) is 0 Å². The lowest BCUT2D eigenvalue weighted by Crippen LogP contribution is -2.62. The first-order chi connectivity index (χ1) is 18.8. The van der Waals surface area contributed by atoms with Crippen molar-refractivity contribution in [2.75, 3.05) is 13.2 Å². The van der Waals surface area contributed by atoms with Crippen molar-refractivity contribution in [3.05, 3.63) is 35.9 Å². The Hall–Kier alpha value is -2.97. The molecule has 2 fully saturated rings. The molecule has 0 saturated carbocycles. The summed E-state index contributed by atoms with van der Waals surface area (Å²) in [6.07, 6.45) is -3.24. The molecule has 0 spiro atoms. The summed E-state index contributed by atoms with van der Waals surface area (Å²) in [5, 5.41) is 38.2. The standard InChI is InChI=1S/C25H33Cl2N5O8/c1-11(34)19-23(38)29-16(10-33)22(37)28-15(13-6-4-3-5-7-13)8-17(36)30-20(12(2)35)25(40)32-9-14(26)18(27)21(32)24(39)31-19/h3-7,11-12,14-16,18-21,33-35H,8-10H2,1-2H3,(H,28,37)(H,29,38)(H,30,36)(H,31,39)/t11-,12-,14+,15+,16-,18+,19-,20-,21-/m0/s1. The van der Waals surface area contributed by atoms with Gasteiger partial charge in [0.2, 0.25) is 29.5 Å². The third-order valence-corrected chi connectivity index (χ3v) is 7.84. The van der Waals surface area contributed by atoms with E-state index in [1.54, 1.807) is 30.3 Å². The van der Waals surface area contributed by atoms with Crippen LogP contribution in [0, 0.1) is 0 Å². The Morgan fingerprint density at radius 3 is 2.08 bits per heavy atom. The van der Waals surface area contributed by atoms with Crippen LogP contribution >= 0.6 is 23.2 Å². The second kappa shape index (κ2) is 13.6. The SMILES string of the molecule is C[C@H](O)[C@@H]1NC(=O)[C@@H]2[C@H](Cl)[C@H](Cl)CN2C(=O)[C@H]([C@H](C)O)NC(=O)C[C@H](c2ccccc2)NC(=O)[C@H](CO)NC1=O. The summed E-state index contributed by atoms with van der Waals surface area (Å²) in [5.41, 5.74) is 0.513. The molecule has 3 rings (SSSR count). The normalized spacial score (nSPS) is 32.3. The van der Waals surface area contributed by atoms with E-state index in [4.69, 9.17) is 23.2 Å². The summed E-state index contributed by atoms with van der Waals surface area (Å²) in [5.74, 6) is -4.34. The molecular formula is C25H33Cl2N5O8. The molecule has 1 aromatic carbocycles. The molecular weight excluding hydrogens is 569 g/mol. The molecule has 7 N–H and O–H groups in total. The smallest absolute Gasteiger partial charge is 0.248 e. The van der Waals surface area contributed by atoms with E-state index in [1.165, 1.54) is 13.8 Å². The fourth-order valence-corrected chi connectivity index (χ4v) is 5.20. The van der Waals surface area contributed by atoms with Crippen LogP contribution in [0.4, 0.5) is 0 Å². The molecule has 1 aromatic rings. The van der Waals surface area contributed by atoms with Crippen LogP contribution < -0.4 is 21.3 Å². The highest BCUT2D eigenvalue weighted by molar-refractivity contribution is 6.32. The molecule has 0 unspecified atom stereocenters. The summed E-state index contributed by atoms with van der Waals surface area (Å²) in [4.78, 5) is 67.1. The molecule has 2 aliphatic heterocycles. The second-order valence-corrected chi connectivity index (χ2v) is 10.9. The van der Waals surface area contributed by atoms with Gasteiger partial charge < -0.3 is 41.5 Å². The van der Waals surface area contributed by atoms with Gasteiger partial charge in [-0.25, -0.2) is 0 Å². The summed E-state index contributed by atoms with van der Waals surface area (Å²) in [6.45, 7) is 1.46. The van der Waals surface area contributed by atoms with E-state index in [2.05, 4.69) is 21.3 Å². The second-order valence-electron chi connectivity index (χ2n) is 9.83. The van der Waals surface area contributed by atoms with Crippen molar-refractivity contribution >= 4 is 52.7 Å². The fraction of sp³-hybridized carbons (Fsp3) is 0.560. The van der Waals surface area contributed by atoms with Gasteiger partial charge in [0, 0.05) is 6.54 Å². The van der Waals surface area contributed by atoms with Gasteiger partial charge in [0.1, 0.15) is 24.2 Å². The van der Waals surface area contributed by atoms with Gasteiger partial charge in [-0.2, -0.15) is 0 Å². The largest absolute Gasteiger partial charge is 0.394 e. The lowest BCUT2D eigenvalue weighted by atomic mass is 10.0. The zero-order valence-electron chi connectivity index (χ0n) is 21.8. The van der Waals surface area contributed by atoms with Crippen LogP contribution in [0.25, 0.3) is 0 Å². The molecule has 0 bridgehead atoms. The predicted molar refractivity (Wildman–Crippen MR) is 143 cm³/mol. The number of hydrogen-bond acceptors (Lipinski definition) is 8. The number of alkyl halides is 2. The van der Waals surface area contributed by atoms with Crippen LogP contribution in [0.3, 0.4) is 0 Å². The highest BCUT2D eigenvalue weighted by Crippen LogP contribution is 2.29. The third-order valence-electron chi connectivity index (χ3n) is 6.76. The highest BCUT2D eigenvalue weighted by Gasteiger charge is 2.49. The van der Waals surface area contributed by atoms with E-state index in [-0.39, 0.29) is 13.0 Å². The molecule has 13 nitrogen and oxygen atoms in total. The van der Waals surface area contributed by atoms with Crippen molar-refractivity contribution in [2.45, 2.75) is 73.4 Å². The Morgan fingerprint density at radius 2 is 1.50 bits per heavy atom. The van der Waals surface area contributed by atoms with Crippen LogP contribution in [0.15, 0.2) is 30.3 Å². The maximum absolute atomic E-state index is 13.5. The number of fused-ring (bicyclic) bond motifs is 1. The average molecular weight is 602 g/mol. The molecule has 2 aliphatic rings. The minimum absolute atomic E-state index is 0.202. The maximum atomic E-state index is 13.5. The van der Waals surface area contributed by atoms with Gasteiger partial charge in [-0.1, -0.05) is 30.3 Å². The Morgan fingerprint density at radius 1 is 0.875 bits per heavy atom. The summed E-state index contributed by atoms with van der Waals surface area (Å²) < 4.78 is 0. The molecule has 5 amide bonds. The lowest BCUT2D eigenvalue weighted by Gasteiger charge is -2.32. The van der Waals surface area contributed by atoms with Crippen LogP contribution in [0.1, 0.15) is 31.9 Å². The van der Waals surface area contributed by atoms with E-state index in [0.29, 0.717) is 5.56 Å². The number of carbonyl (C=O) groups excluding carboxylic acids is 5. The van der Waals surface area contributed by atoms with Gasteiger partial charge in [0.15, 0.2) is 0 Å². The first-order valence-corrected chi connectivity index (χ1v) is 13.5. The first kappa shape index (κ1) is 31.6. The molecule has 9 atom stereocenters. The fourth-order valence-electron chi connectivity index (χ4n) is 4.58. The zero-order chi connectivity index (χ0) is 29.7. The Kier molecular flexibility index (Phi) is 10.7. The van der Waals surface area contributed by atoms with E-state index in [1.807, 2.05) is 0 Å². The quantitative estimate of drug-likeness (QED) is 0.190. The maximum Gasteiger partial charge on any atom is 0.248 e. The minimum atomic E-state index is -1.60. The Labute approximate surface area is 240 Å². The van der Waals surface area contributed by atoms with Crippen LogP contribution in [0.2, 0.25) is 0 Å². The van der Waals surface area contributed by atoms with Crippen molar-refractivity contribution in [2.24, 2.45) is 0 Å². The van der Waals surface area contributed by atoms with E-state index < -0.39 is 89.3 Å². The number of amides is 5. The molecule has 2 saturated heterocycles. The minimum Gasteiger partial charge on any atom is -0.394 e. The first-order valence-electron chi connectivity index (χ1n) is 12.7. The number of halogens is 2. The van der Waals surface area contributed by atoms with Crippen molar-refractivity contribution in [1.82, 2.24) is 26.2 Å². The molecule has 15 heteroatoms. The number of nitrogens with one attached hydrogen (secondary N) is 4. The van der Waals surface area contributed by atoms with Crippen LogP contribution in [0.5, 0.6) is 0 Å². The number of aliphatic hydroxyl groups is 3. The number of carbonyl (C=O) groups is 5. The van der Waals surface area contributed by atoms with E-state index >= 15 is 0 Å². The predicted octanol–water partition coefficient (Wildman–Crippen LogP) is -2.12. The summed E-state index contributed by atoms with van der Waals surface area (Å²) in [7, 11) is 0. The Bertz CT molecular complexity index is 1110. The zero-order valence-corrected chi connectivity index (χ0v) is 23.3. The third kappa shape index (κ3) is 7.21. The van der Waals surface area contributed by atoms with Gasteiger partial charge in [0.25, 0.3) is 0 Å². The van der Waals surface area contributed by atoms with Crippen molar-refractivity contribution < 1.29 is 39.3 Å². The molecule has 0 radical (unpaired) electrons. The van der Waals surface area contributed by atoms with Gasteiger partial charge >= 0.3 is 0 Å².